The number of rotatable bonds is 7. The Hall–Kier alpha value is -0.530. The van der Waals surface area contributed by atoms with Gasteiger partial charge in [-0.1, -0.05) is 40.0 Å². The number of hydrogen-bond donors (Lipinski definition) is 0. The minimum absolute atomic E-state index is 0.0426. The van der Waals surface area contributed by atoms with Crippen LogP contribution in [0.3, 0.4) is 0 Å². The van der Waals surface area contributed by atoms with Crippen LogP contribution >= 0.6 is 0 Å². The first-order valence-electron chi connectivity index (χ1n) is 5.39. The zero-order chi connectivity index (χ0) is 10.1. The van der Waals surface area contributed by atoms with Crippen LogP contribution in [0.5, 0.6) is 0 Å². The van der Waals surface area contributed by atoms with E-state index in [4.69, 9.17) is 4.74 Å². The van der Waals surface area contributed by atoms with E-state index < -0.39 is 0 Å². The fourth-order valence-electron chi connectivity index (χ4n) is 1.01. The molecule has 0 heterocycles. The van der Waals surface area contributed by atoms with Crippen molar-refractivity contribution in [2.45, 2.75) is 52.9 Å². The molecule has 0 N–H and O–H groups in total. The van der Waals surface area contributed by atoms with Crippen molar-refractivity contribution in [1.82, 2.24) is 0 Å². The van der Waals surface area contributed by atoms with E-state index in [1.165, 1.54) is 19.3 Å². The molecule has 2 heteroatoms. The van der Waals surface area contributed by atoms with Crippen LogP contribution in [0, 0.1) is 5.92 Å². The first-order chi connectivity index (χ1) is 6.22. The summed E-state index contributed by atoms with van der Waals surface area (Å²) >= 11 is 0. The standard InChI is InChI=1S/C11H22O2/c1-4-6-7-8-9-13-11(12)10(3)5-2/h10H,4-9H2,1-3H3. The Morgan fingerprint density at radius 3 is 2.46 bits per heavy atom. The molecule has 0 fully saturated rings. The Morgan fingerprint density at radius 2 is 1.92 bits per heavy atom. The van der Waals surface area contributed by atoms with Gasteiger partial charge in [-0.2, -0.15) is 0 Å². The molecule has 0 aliphatic carbocycles. The predicted octanol–water partition coefficient (Wildman–Crippen LogP) is 3.16. The zero-order valence-electron chi connectivity index (χ0n) is 9.14. The quantitative estimate of drug-likeness (QED) is 0.451. The number of carbonyl (C=O) groups is 1. The number of unbranched alkanes of at least 4 members (excludes halogenated alkanes) is 3. The fourth-order valence-corrected chi connectivity index (χ4v) is 1.01. The van der Waals surface area contributed by atoms with E-state index in [1.807, 2.05) is 13.8 Å². The molecule has 78 valence electrons. The Labute approximate surface area is 81.7 Å². The topological polar surface area (TPSA) is 26.3 Å². The molecule has 0 bridgehead atoms. The maximum absolute atomic E-state index is 11.2. The molecule has 0 aliphatic heterocycles. The summed E-state index contributed by atoms with van der Waals surface area (Å²) in [7, 11) is 0. The van der Waals surface area contributed by atoms with E-state index in [-0.39, 0.29) is 11.9 Å². The van der Waals surface area contributed by atoms with Gasteiger partial charge >= 0.3 is 5.97 Å². The highest BCUT2D eigenvalue weighted by molar-refractivity contribution is 5.71. The third-order valence-electron chi connectivity index (χ3n) is 2.26. The smallest absolute Gasteiger partial charge is 0.308 e. The zero-order valence-corrected chi connectivity index (χ0v) is 9.14. The van der Waals surface area contributed by atoms with Gasteiger partial charge < -0.3 is 4.74 Å². The Bertz CT molecular complexity index is 132. The number of hydrogen-bond acceptors (Lipinski definition) is 2. The minimum atomic E-state index is -0.0426. The van der Waals surface area contributed by atoms with Crippen LogP contribution in [0.1, 0.15) is 52.9 Å². The lowest BCUT2D eigenvalue weighted by Crippen LogP contribution is -2.14. The van der Waals surface area contributed by atoms with Gasteiger partial charge in [-0.15, -0.1) is 0 Å². The van der Waals surface area contributed by atoms with Gasteiger partial charge in [-0.3, -0.25) is 4.79 Å². The molecule has 0 aliphatic rings. The van der Waals surface area contributed by atoms with E-state index in [1.54, 1.807) is 0 Å². The summed E-state index contributed by atoms with van der Waals surface area (Å²) in [5.41, 5.74) is 0. The predicted molar refractivity (Wildman–Crippen MR) is 54.6 cm³/mol. The molecular weight excluding hydrogens is 164 g/mol. The normalized spacial score (nSPS) is 12.5. The highest BCUT2D eigenvalue weighted by Crippen LogP contribution is 2.05. The third kappa shape index (κ3) is 6.62. The van der Waals surface area contributed by atoms with Crippen LogP contribution in [0.15, 0.2) is 0 Å². The van der Waals surface area contributed by atoms with Crippen LogP contribution in [0.25, 0.3) is 0 Å². The summed E-state index contributed by atoms with van der Waals surface area (Å²) in [5, 5.41) is 0. The van der Waals surface area contributed by atoms with Crippen molar-refractivity contribution in [3.05, 3.63) is 0 Å². The van der Waals surface area contributed by atoms with Gasteiger partial charge in [-0.05, 0) is 12.8 Å². The summed E-state index contributed by atoms with van der Waals surface area (Å²) in [6, 6.07) is 0. The van der Waals surface area contributed by atoms with Crippen LogP contribution in [0.4, 0.5) is 0 Å². The van der Waals surface area contributed by atoms with E-state index in [9.17, 15) is 4.79 Å². The minimum Gasteiger partial charge on any atom is -0.465 e. The van der Waals surface area contributed by atoms with Crippen molar-refractivity contribution in [3.8, 4) is 0 Å². The molecule has 0 saturated heterocycles. The van der Waals surface area contributed by atoms with Gasteiger partial charge in [0, 0.05) is 0 Å². The van der Waals surface area contributed by atoms with Crippen LogP contribution < -0.4 is 0 Å². The second-order valence-corrected chi connectivity index (χ2v) is 3.54. The molecule has 0 aromatic carbocycles. The SMILES string of the molecule is CCCCCCOC(=O)C(C)CC. The highest BCUT2D eigenvalue weighted by atomic mass is 16.5. The van der Waals surface area contributed by atoms with Crippen molar-refractivity contribution in [2.75, 3.05) is 6.61 Å². The first-order valence-corrected chi connectivity index (χ1v) is 5.39. The number of ether oxygens (including phenoxy) is 1. The molecule has 0 rings (SSSR count). The highest BCUT2D eigenvalue weighted by Gasteiger charge is 2.10. The van der Waals surface area contributed by atoms with Gasteiger partial charge in [0.25, 0.3) is 0 Å². The van der Waals surface area contributed by atoms with Gasteiger partial charge in [0.05, 0.1) is 12.5 Å². The molecule has 0 saturated carbocycles. The van der Waals surface area contributed by atoms with Gasteiger partial charge in [0.15, 0.2) is 0 Å². The summed E-state index contributed by atoms with van der Waals surface area (Å²) < 4.78 is 5.10. The van der Waals surface area contributed by atoms with Gasteiger partial charge in [0.1, 0.15) is 0 Å². The molecule has 0 radical (unpaired) electrons. The van der Waals surface area contributed by atoms with Crippen molar-refractivity contribution in [1.29, 1.82) is 0 Å². The average molecular weight is 186 g/mol. The van der Waals surface area contributed by atoms with Crippen molar-refractivity contribution in [3.63, 3.8) is 0 Å². The van der Waals surface area contributed by atoms with Crippen LogP contribution in [-0.2, 0) is 9.53 Å². The summed E-state index contributed by atoms with van der Waals surface area (Å²) in [6.07, 6.45) is 5.51. The summed E-state index contributed by atoms with van der Waals surface area (Å²) in [5.74, 6) is 0.0187. The maximum Gasteiger partial charge on any atom is 0.308 e. The monoisotopic (exact) mass is 186 g/mol. The Morgan fingerprint density at radius 1 is 1.23 bits per heavy atom. The molecule has 13 heavy (non-hydrogen) atoms. The Balaban J connectivity index is 3.27. The molecular formula is C11H22O2. The molecule has 2 nitrogen and oxygen atoms in total. The van der Waals surface area contributed by atoms with Crippen molar-refractivity contribution in [2.24, 2.45) is 5.92 Å². The molecule has 1 atom stereocenters. The number of carbonyl (C=O) groups excluding carboxylic acids is 1. The van der Waals surface area contributed by atoms with Crippen LogP contribution in [0.2, 0.25) is 0 Å². The lowest BCUT2D eigenvalue weighted by Gasteiger charge is -2.08. The van der Waals surface area contributed by atoms with Crippen molar-refractivity contribution >= 4 is 5.97 Å². The molecule has 0 aromatic rings. The largest absolute Gasteiger partial charge is 0.465 e. The van der Waals surface area contributed by atoms with E-state index in [0.29, 0.717) is 6.61 Å². The second kappa shape index (κ2) is 8.09. The van der Waals surface area contributed by atoms with Gasteiger partial charge in [-0.25, -0.2) is 0 Å². The average Bonchev–Trinajstić information content (AvgIpc) is 2.16. The molecule has 0 spiro atoms. The molecule has 0 aromatic heterocycles. The second-order valence-electron chi connectivity index (χ2n) is 3.54. The Kier molecular flexibility index (Phi) is 7.76. The van der Waals surface area contributed by atoms with E-state index >= 15 is 0 Å². The summed E-state index contributed by atoms with van der Waals surface area (Å²) in [6.45, 7) is 6.69. The van der Waals surface area contributed by atoms with Crippen LogP contribution in [-0.4, -0.2) is 12.6 Å². The third-order valence-corrected chi connectivity index (χ3v) is 2.26. The lowest BCUT2D eigenvalue weighted by molar-refractivity contribution is -0.148. The first kappa shape index (κ1) is 12.5. The number of esters is 1. The molecule has 0 amide bonds. The van der Waals surface area contributed by atoms with Gasteiger partial charge in [0.2, 0.25) is 0 Å². The van der Waals surface area contributed by atoms with E-state index in [2.05, 4.69) is 6.92 Å². The van der Waals surface area contributed by atoms with E-state index in [0.717, 1.165) is 12.8 Å². The maximum atomic E-state index is 11.2. The lowest BCUT2D eigenvalue weighted by atomic mass is 10.1. The fraction of sp³-hybridized carbons (Fsp3) is 0.909. The van der Waals surface area contributed by atoms with Crippen molar-refractivity contribution < 1.29 is 9.53 Å². The summed E-state index contributed by atoms with van der Waals surface area (Å²) in [4.78, 5) is 11.2. The molecule has 1 unspecified atom stereocenters.